The van der Waals surface area contributed by atoms with Crippen LogP contribution >= 0.6 is 0 Å². The minimum atomic E-state index is -1.09. The Bertz CT molecular complexity index is 999. The minimum Gasteiger partial charge on any atom is -0.491 e. The summed E-state index contributed by atoms with van der Waals surface area (Å²) >= 11 is 0. The highest BCUT2D eigenvalue weighted by molar-refractivity contribution is 6.61. The van der Waals surface area contributed by atoms with Crippen molar-refractivity contribution in [1.29, 1.82) is 0 Å². The van der Waals surface area contributed by atoms with Crippen molar-refractivity contribution in [1.82, 2.24) is 10.4 Å². The summed E-state index contributed by atoms with van der Waals surface area (Å²) in [5, 5.41) is 11.8. The topological polar surface area (TPSA) is 88.1 Å². The average molecular weight is 452 g/mol. The standard InChI is InChI=1S/C25H33BN2O5/c1-15-13-16(2)17(3)21(14-15)25(30)28(19-7-5-6-8-19)27-24(29)20-9-10-22-23(18(20)4)32-11-12-33-26(22)31/h9-10,13-15,17,19,31H,5-8,11-12H2,1-4H3,(H,27,29). The van der Waals surface area contributed by atoms with E-state index >= 15 is 0 Å². The van der Waals surface area contributed by atoms with Crippen LogP contribution in [0.2, 0.25) is 0 Å². The van der Waals surface area contributed by atoms with Crippen LogP contribution in [0.1, 0.15) is 62.4 Å². The molecule has 2 amide bonds. The molecule has 2 aliphatic carbocycles. The van der Waals surface area contributed by atoms with Crippen molar-refractivity contribution in [3.8, 4) is 5.75 Å². The van der Waals surface area contributed by atoms with Crippen molar-refractivity contribution in [2.45, 2.75) is 59.4 Å². The molecule has 1 saturated carbocycles. The number of ether oxygens (including phenoxy) is 1. The Kier molecular flexibility index (Phi) is 6.95. The van der Waals surface area contributed by atoms with Crippen LogP contribution in [0, 0.1) is 18.8 Å². The number of benzene rings is 1. The van der Waals surface area contributed by atoms with Crippen molar-refractivity contribution >= 4 is 24.4 Å². The quantitative estimate of drug-likeness (QED) is 0.418. The van der Waals surface area contributed by atoms with E-state index in [2.05, 4.69) is 25.3 Å². The molecule has 0 radical (unpaired) electrons. The number of nitrogens with zero attached hydrogens (tertiary/aromatic N) is 1. The number of fused-ring (bicyclic) bond motifs is 1. The fraction of sp³-hybridized carbons (Fsp3) is 0.520. The van der Waals surface area contributed by atoms with Gasteiger partial charge in [-0.1, -0.05) is 50.5 Å². The molecule has 1 aromatic carbocycles. The molecule has 8 heteroatoms. The van der Waals surface area contributed by atoms with Crippen molar-refractivity contribution in [3.63, 3.8) is 0 Å². The number of hydrazine groups is 1. The number of hydrogen-bond acceptors (Lipinski definition) is 5. The van der Waals surface area contributed by atoms with Crippen LogP contribution < -0.4 is 15.6 Å². The van der Waals surface area contributed by atoms with Crippen LogP contribution in [-0.4, -0.2) is 48.2 Å². The highest BCUT2D eigenvalue weighted by atomic mass is 16.6. The molecule has 2 unspecified atom stereocenters. The van der Waals surface area contributed by atoms with E-state index in [0.29, 0.717) is 28.9 Å². The molecule has 1 fully saturated rings. The minimum absolute atomic E-state index is 0.0126. The van der Waals surface area contributed by atoms with Crippen LogP contribution in [0.3, 0.4) is 0 Å². The van der Waals surface area contributed by atoms with Gasteiger partial charge in [-0.05, 0) is 38.7 Å². The van der Waals surface area contributed by atoms with Gasteiger partial charge in [0.05, 0.1) is 12.6 Å². The Morgan fingerprint density at radius 2 is 1.85 bits per heavy atom. The summed E-state index contributed by atoms with van der Waals surface area (Å²) in [4.78, 5) is 27.1. The number of nitrogens with one attached hydrogen (secondary N) is 1. The molecule has 3 aliphatic rings. The highest BCUT2D eigenvalue weighted by Gasteiger charge is 2.34. The molecule has 1 aliphatic heterocycles. The third kappa shape index (κ3) is 4.73. The summed E-state index contributed by atoms with van der Waals surface area (Å²) in [6.45, 7) is 8.50. The number of rotatable bonds is 3. The molecule has 0 aromatic heterocycles. The van der Waals surface area contributed by atoms with Crippen LogP contribution in [0.15, 0.2) is 35.4 Å². The zero-order valence-corrected chi connectivity index (χ0v) is 19.9. The van der Waals surface area contributed by atoms with Gasteiger partial charge in [0.25, 0.3) is 11.8 Å². The third-order valence-electron chi connectivity index (χ3n) is 7.05. The number of carbonyl (C=O) groups excluding carboxylic acids is 2. The Morgan fingerprint density at radius 3 is 2.58 bits per heavy atom. The van der Waals surface area contributed by atoms with E-state index in [1.807, 2.05) is 13.0 Å². The first kappa shape index (κ1) is 23.6. The maximum absolute atomic E-state index is 13.7. The van der Waals surface area contributed by atoms with E-state index in [1.165, 1.54) is 5.57 Å². The Hall–Kier alpha value is -2.58. The maximum atomic E-state index is 13.7. The molecule has 0 spiro atoms. The van der Waals surface area contributed by atoms with E-state index in [1.54, 1.807) is 24.1 Å². The molecule has 33 heavy (non-hydrogen) atoms. The van der Waals surface area contributed by atoms with E-state index < -0.39 is 7.12 Å². The highest BCUT2D eigenvalue weighted by Crippen LogP contribution is 2.32. The van der Waals surface area contributed by atoms with Gasteiger partial charge >= 0.3 is 7.12 Å². The largest absolute Gasteiger partial charge is 0.495 e. The summed E-state index contributed by atoms with van der Waals surface area (Å²) in [5.41, 5.74) is 6.37. The van der Waals surface area contributed by atoms with Gasteiger partial charge in [0.1, 0.15) is 12.4 Å². The molecule has 1 aromatic rings. The van der Waals surface area contributed by atoms with Gasteiger partial charge in [0, 0.05) is 28.1 Å². The smallest absolute Gasteiger partial charge is 0.491 e. The second-order valence-corrected chi connectivity index (χ2v) is 9.40. The van der Waals surface area contributed by atoms with E-state index in [-0.39, 0.29) is 36.3 Å². The Labute approximate surface area is 195 Å². The Morgan fingerprint density at radius 1 is 1.12 bits per heavy atom. The van der Waals surface area contributed by atoms with Gasteiger partial charge in [-0.25, -0.2) is 5.01 Å². The first-order chi connectivity index (χ1) is 15.8. The SMILES string of the molecule is CC1=CC(C)C=C(C(=O)N(NC(=O)c2ccc3c(c2C)OCCOB3O)C2CCCC2)C1C. The summed E-state index contributed by atoms with van der Waals surface area (Å²) in [6, 6.07) is 3.28. The fourth-order valence-corrected chi connectivity index (χ4v) is 5.05. The molecular weight excluding hydrogens is 419 g/mol. The first-order valence-corrected chi connectivity index (χ1v) is 11.9. The number of carbonyl (C=O) groups is 2. The molecule has 176 valence electrons. The van der Waals surface area contributed by atoms with E-state index in [9.17, 15) is 14.6 Å². The molecule has 0 bridgehead atoms. The van der Waals surface area contributed by atoms with Gasteiger partial charge in [-0.3, -0.25) is 15.0 Å². The number of amides is 2. The third-order valence-corrected chi connectivity index (χ3v) is 7.05. The van der Waals surface area contributed by atoms with E-state index in [0.717, 1.165) is 31.3 Å². The van der Waals surface area contributed by atoms with Crippen molar-refractivity contribution < 1.29 is 24.0 Å². The van der Waals surface area contributed by atoms with Crippen LogP contribution in [0.25, 0.3) is 0 Å². The lowest BCUT2D eigenvalue weighted by molar-refractivity contribution is -0.132. The lowest BCUT2D eigenvalue weighted by Crippen LogP contribution is -2.52. The normalized spacial score (nSPS) is 23.1. The average Bonchev–Trinajstić information content (AvgIpc) is 3.24. The maximum Gasteiger partial charge on any atom is 0.495 e. The fourth-order valence-electron chi connectivity index (χ4n) is 5.05. The van der Waals surface area contributed by atoms with Gasteiger partial charge in [0.2, 0.25) is 0 Å². The summed E-state index contributed by atoms with van der Waals surface area (Å²) in [7, 11) is -1.09. The lowest BCUT2D eigenvalue weighted by atomic mass is 9.77. The molecular formula is C25H33BN2O5. The van der Waals surface area contributed by atoms with Crippen LogP contribution in [0.5, 0.6) is 5.75 Å². The summed E-state index contributed by atoms with van der Waals surface area (Å²) < 4.78 is 11.1. The zero-order valence-electron chi connectivity index (χ0n) is 19.9. The predicted octanol–water partition coefficient (Wildman–Crippen LogP) is 2.67. The lowest BCUT2D eigenvalue weighted by Gasteiger charge is -2.33. The van der Waals surface area contributed by atoms with Gasteiger partial charge in [-0.2, -0.15) is 0 Å². The molecule has 7 nitrogen and oxygen atoms in total. The van der Waals surface area contributed by atoms with Crippen molar-refractivity contribution in [2.75, 3.05) is 13.2 Å². The van der Waals surface area contributed by atoms with Gasteiger partial charge in [-0.15, -0.1) is 0 Å². The molecule has 4 rings (SSSR count). The molecule has 1 heterocycles. The molecule has 2 atom stereocenters. The summed E-state index contributed by atoms with van der Waals surface area (Å²) in [5.74, 6) is 0.167. The number of hydrogen-bond donors (Lipinski definition) is 2. The Balaban J connectivity index is 1.62. The number of allylic oxidation sites excluding steroid dienone is 3. The van der Waals surface area contributed by atoms with Gasteiger partial charge in [0.15, 0.2) is 0 Å². The summed E-state index contributed by atoms with van der Waals surface area (Å²) in [6.07, 6.45) is 8.01. The van der Waals surface area contributed by atoms with Crippen LogP contribution in [-0.2, 0) is 9.45 Å². The molecule has 0 saturated heterocycles. The second-order valence-electron chi connectivity index (χ2n) is 9.40. The van der Waals surface area contributed by atoms with Gasteiger partial charge < -0.3 is 14.4 Å². The molecule has 2 N–H and O–H groups in total. The van der Waals surface area contributed by atoms with Crippen molar-refractivity contribution in [3.05, 3.63) is 46.6 Å². The van der Waals surface area contributed by atoms with E-state index in [4.69, 9.17) is 9.39 Å². The second kappa shape index (κ2) is 9.73. The van der Waals surface area contributed by atoms with Crippen LogP contribution in [0.4, 0.5) is 0 Å². The monoisotopic (exact) mass is 452 g/mol. The zero-order chi connectivity index (χ0) is 23.7. The predicted molar refractivity (Wildman–Crippen MR) is 127 cm³/mol. The first-order valence-electron chi connectivity index (χ1n) is 11.9. The van der Waals surface area contributed by atoms with Crippen molar-refractivity contribution in [2.24, 2.45) is 11.8 Å².